The van der Waals surface area contributed by atoms with E-state index in [9.17, 15) is 4.79 Å². The lowest BCUT2D eigenvalue weighted by molar-refractivity contribution is -0.145. The molecule has 3 heteroatoms. The zero-order valence-electron chi connectivity index (χ0n) is 9.63. The van der Waals surface area contributed by atoms with E-state index in [0.717, 1.165) is 0 Å². The fourth-order valence-electron chi connectivity index (χ4n) is 2.60. The van der Waals surface area contributed by atoms with Gasteiger partial charge in [-0.2, -0.15) is 0 Å². The van der Waals surface area contributed by atoms with Crippen LogP contribution >= 0.6 is 0 Å². The second-order valence-corrected chi connectivity index (χ2v) is 4.75. The molecule has 0 unspecified atom stereocenters. The van der Waals surface area contributed by atoms with Crippen molar-refractivity contribution in [1.82, 2.24) is 4.90 Å². The van der Waals surface area contributed by atoms with Crippen LogP contribution in [-0.2, 0) is 9.53 Å². The van der Waals surface area contributed by atoms with Crippen LogP contribution < -0.4 is 0 Å². The highest BCUT2D eigenvalue weighted by molar-refractivity contribution is 5.71. The van der Waals surface area contributed by atoms with Crippen molar-refractivity contribution in [2.45, 2.75) is 51.0 Å². The van der Waals surface area contributed by atoms with E-state index < -0.39 is 0 Å². The second kappa shape index (κ2) is 4.52. The topological polar surface area (TPSA) is 29.5 Å². The minimum atomic E-state index is -0.0134. The molecule has 2 aliphatic rings. The lowest BCUT2D eigenvalue weighted by Gasteiger charge is -2.34. The normalized spacial score (nSPS) is 24.9. The lowest BCUT2D eigenvalue weighted by Crippen LogP contribution is -2.42. The number of hydrogen-bond donors (Lipinski definition) is 0. The number of rotatable bonds is 4. The number of nitrogens with zero attached hydrogens (tertiary/aromatic N) is 1. The molecule has 0 aromatic heterocycles. The maximum atomic E-state index is 11.5. The average Bonchev–Trinajstić information content (AvgIpc) is 3.01. The molecule has 0 spiro atoms. The number of likely N-dealkylation sites (tertiary alicyclic amines) is 1. The van der Waals surface area contributed by atoms with Crippen LogP contribution in [0.15, 0.2) is 0 Å². The van der Waals surface area contributed by atoms with Crippen LogP contribution in [0.4, 0.5) is 0 Å². The monoisotopic (exact) mass is 211 g/mol. The van der Waals surface area contributed by atoms with Crippen LogP contribution in [0, 0.1) is 0 Å². The molecule has 1 saturated carbocycles. The average molecular weight is 211 g/mol. The summed E-state index contributed by atoms with van der Waals surface area (Å²) in [5, 5.41) is 0. The third kappa shape index (κ3) is 2.51. The summed E-state index contributed by atoms with van der Waals surface area (Å²) < 4.78 is 5.04. The van der Waals surface area contributed by atoms with Crippen molar-refractivity contribution in [1.29, 1.82) is 0 Å². The zero-order chi connectivity index (χ0) is 10.7. The van der Waals surface area contributed by atoms with Gasteiger partial charge in [-0.05, 0) is 45.7 Å². The molecule has 2 fully saturated rings. The van der Waals surface area contributed by atoms with E-state index in [1.165, 1.54) is 45.2 Å². The summed E-state index contributed by atoms with van der Waals surface area (Å²) in [7, 11) is 0. The molecule has 0 aromatic carbocycles. The quantitative estimate of drug-likeness (QED) is 0.666. The first-order valence-electron chi connectivity index (χ1n) is 6.17. The predicted octanol–water partition coefficient (Wildman–Crippen LogP) is 1.96. The highest BCUT2D eigenvalue weighted by Gasteiger charge is 2.49. The van der Waals surface area contributed by atoms with Crippen LogP contribution in [0.1, 0.15) is 45.4 Å². The fraction of sp³-hybridized carbons (Fsp3) is 0.917. The molecule has 1 aliphatic heterocycles. The highest BCUT2D eigenvalue weighted by atomic mass is 16.5. The summed E-state index contributed by atoms with van der Waals surface area (Å²) in [5.74, 6) is -0.0134. The maximum Gasteiger partial charge on any atom is 0.307 e. The van der Waals surface area contributed by atoms with Gasteiger partial charge >= 0.3 is 5.97 Å². The van der Waals surface area contributed by atoms with Crippen molar-refractivity contribution >= 4 is 5.97 Å². The second-order valence-electron chi connectivity index (χ2n) is 4.75. The van der Waals surface area contributed by atoms with E-state index in [2.05, 4.69) is 4.90 Å². The van der Waals surface area contributed by atoms with Gasteiger partial charge in [-0.25, -0.2) is 0 Å². The smallest absolute Gasteiger partial charge is 0.307 e. The minimum Gasteiger partial charge on any atom is -0.466 e. The van der Waals surface area contributed by atoms with E-state index in [1.807, 2.05) is 6.92 Å². The van der Waals surface area contributed by atoms with Crippen LogP contribution in [-0.4, -0.2) is 36.1 Å². The molecule has 86 valence electrons. The molecule has 0 aromatic rings. The summed E-state index contributed by atoms with van der Waals surface area (Å²) >= 11 is 0. The van der Waals surface area contributed by atoms with Crippen molar-refractivity contribution in [3.8, 4) is 0 Å². The molecule has 0 atom stereocenters. The first kappa shape index (κ1) is 10.9. The molecule has 2 rings (SSSR count). The van der Waals surface area contributed by atoms with Gasteiger partial charge < -0.3 is 4.74 Å². The highest BCUT2D eigenvalue weighted by Crippen LogP contribution is 2.46. The Kier molecular flexibility index (Phi) is 3.29. The van der Waals surface area contributed by atoms with E-state index in [4.69, 9.17) is 4.74 Å². The summed E-state index contributed by atoms with van der Waals surface area (Å²) in [6.45, 7) is 4.74. The Labute approximate surface area is 91.8 Å². The van der Waals surface area contributed by atoms with Gasteiger partial charge in [0.25, 0.3) is 0 Å². The SMILES string of the molecule is CCOC(=O)CC1(N2CCCCC2)CC1. The summed E-state index contributed by atoms with van der Waals surface area (Å²) in [6.07, 6.45) is 6.93. The number of esters is 1. The Morgan fingerprint density at radius 2 is 1.93 bits per heavy atom. The molecular formula is C12H21NO2. The zero-order valence-corrected chi connectivity index (χ0v) is 9.63. The van der Waals surface area contributed by atoms with Crippen LogP contribution in [0.2, 0.25) is 0 Å². The molecule has 0 N–H and O–H groups in total. The van der Waals surface area contributed by atoms with Gasteiger partial charge in [-0.1, -0.05) is 6.42 Å². The van der Waals surface area contributed by atoms with Crippen molar-refractivity contribution in [2.75, 3.05) is 19.7 Å². The molecule has 0 radical (unpaired) electrons. The maximum absolute atomic E-state index is 11.5. The van der Waals surface area contributed by atoms with Gasteiger partial charge in [0.1, 0.15) is 0 Å². The minimum absolute atomic E-state index is 0.0134. The number of ether oxygens (including phenoxy) is 1. The molecule has 1 aliphatic carbocycles. The Morgan fingerprint density at radius 3 is 2.47 bits per heavy atom. The molecule has 0 bridgehead atoms. The van der Waals surface area contributed by atoms with Gasteiger partial charge in [0.05, 0.1) is 13.0 Å². The first-order valence-corrected chi connectivity index (χ1v) is 6.17. The lowest BCUT2D eigenvalue weighted by atomic mass is 10.0. The van der Waals surface area contributed by atoms with Gasteiger partial charge in [0.15, 0.2) is 0 Å². The number of carbonyl (C=O) groups is 1. The number of carbonyl (C=O) groups excluding carboxylic acids is 1. The third-order valence-corrected chi connectivity index (χ3v) is 3.63. The van der Waals surface area contributed by atoms with E-state index in [1.54, 1.807) is 0 Å². The molecule has 1 heterocycles. The Morgan fingerprint density at radius 1 is 1.27 bits per heavy atom. The van der Waals surface area contributed by atoms with E-state index >= 15 is 0 Å². The molecule has 0 amide bonds. The Balaban J connectivity index is 1.86. The fourth-order valence-corrected chi connectivity index (χ4v) is 2.60. The summed E-state index contributed by atoms with van der Waals surface area (Å²) in [5.41, 5.74) is 0.201. The summed E-state index contributed by atoms with van der Waals surface area (Å²) in [6, 6.07) is 0. The van der Waals surface area contributed by atoms with Crippen LogP contribution in [0.25, 0.3) is 0 Å². The van der Waals surface area contributed by atoms with Gasteiger partial charge in [-0.15, -0.1) is 0 Å². The Bertz CT molecular complexity index is 230. The molecule has 3 nitrogen and oxygen atoms in total. The van der Waals surface area contributed by atoms with Gasteiger partial charge in [0.2, 0.25) is 0 Å². The first-order chi connectivity index (χ1) is 7.27. The van der Waals surface area contributed by atoms with Crippen molar-refractivity contribution < 1.29 is 9.53 Å². The molecular weight excluding hydrogens is 190 g/mol. The largest absolute Gasteiger partial charge is 0.466 e. The number of piperidine rings is 1. The van der Waals surface area contributed by atoms with E-state index in [-0.39, 0.29) is 11.5 Å². The predicted molar refractivity (Wildman–Crippen MR) is 58.6 cm³/mol. The molecule has 15 heavy (non-hydrogen) atoms. The van der Waals surface area contributed by atoms with Crippen molar-refractivity contribution in [3.63, 3.8) is 0 Å². The van der Waals surface area contributed by atoms with Crippen LogP contribution in [0.5, 0.6) is 0 Å². The van der Waals surface area contributed by atoms with Crippen LogP contribution in [0.3, 0.4) is 0 Å². The van der Waals surface area contributed by atoms with Gasteiger partial charge in [-0.3, -0.25) is 9.69 Å². The van der Waals surface area contributed by atoms with Crippen molar-refractivity contribution in [2.24, 2.45) is 0 Å². The van der Waals surface area contributed by atoms with Crippen molar-refractivity contribution in [3.05, 3.63) is 0 Å². The Hall–Kier alpha value is -0.570. The van der Waals surface area contributed by atoms with Gasteiger partial charge in [0, 0.05) is 5.54 Å². The molecule has 1 saturated heterocycles. The third-order valence-electron chi connectivity index (χ3n) is 3.63. The van der Waals surface area contributed by atoms with E-state index in [0.29, 0.717) is 13.0 Å². The number of hydrogen-bond acceptors (Lipinski definition) is 3. The summed E-state index contributed by atoms with van der Waals surface area (Å²) in [4.78, 5) is 14.0. The standard InChI is InChI=1S/C12H21NO2/c1-2-15-11(14)10-12(6-7-12)13-8-4-3-5-9-13/h2-10H2,1H3.